The highest BCUT2D eigenvalue weighted by atomic mass is 19.1. The summed E-state index contributed by atoms with van der Waals surface area (Å²) in [6, 6.07) is 15.2. The number of aromatic nitrogens is 4. The van der Waals surface area contributed by atoms with Crippen LogP contribution in [0.3, 0.4) is 0 Å². The van der Waals surface area contributed by atoms with Gasteiger partial charge in [0.05, 0.1) is 13.2 Å². The summed E-state index contributed by atoms with van der Waals surface area (Å²) in [5.74, 6) is 1.53. The van der Waals surface area contributed by atoms with Crippen molar-refractivity contribution in [1.29, 1.82) is 0 Å². The van der Waals surface area contributed by atoms with Gasteiger partial charge in [-0.2, -0.15) is 0 Å². The van der Waals surface area contributed by atoms with Gasteiger partial charge in [0.1, 0.15) is 17.6 Å². The molecule has 0 unspecified atom stereocenters. The van der Waals surface area contributed by atoms with E-state index in [2.05, 4.69) is 36.1 Å². The predicted molar refractivity (Wildman–Crippen MR) is 120 cm³/mol. The molecule has 1 aromatic heterocycles. The lowest BCUT2D eigenvalue weighted by atomic mass is 10.0. The second-order valence-electron chi connectivity index (χ2n) is 8.56. The summed E-state index contributed by atoms with van der Waals surface area (Å²) in [6.45, 7) is 3.39. The number of benzene rings is 2. The van der Waals surface area contributed by atoms with Gasteiger partial charge in [0, 0.05) is 37.4 Å². The van der Waals surface area contributed by atoms with Crippen LogP contribution in [0.4, 0.5) is 10.1 Å². The molecule has 1 saturated carbocycles. The third-order valence-corrected chi connectivity index (χ3v) is 6.74. The molecule has 1 atom stereocenters. The van der Waals surface area contributed by atoms with E-state index in [0.29, 0.717) is 6.04 Å². The van der Waals surface area contributed by atoms with Gasteiger partial charge in [-0.3, -0.25) is 4.90 Å². The molecular formula is C24H29FN6O. The first-order valence-corrected chi connectivity index (χ1v) is 11.4. The summed E-state index contributed by atoms with van der Waals surface area (Å²) >= 11 is 0. The van der Waals surface area contributed by atoms with Crippen molar-refractivity contribution < 1.29 is 9.13 Å². The molecule has 5 rings (SSSR count). The summed E-state index contributed by atoms with van der Waals surface area (Å²) < 4.78 is 21.1. The highest BCUT2D eigenvalue weighted by Crippen LogP contribution is 2.37. The van der Waals surface area contributed by atoms with E-state index in [4.69, 9.17) is 4.74 Å². The second-order valence-corrected chi connectivity index (χ2v) is 8.56. The Hall–Kier alpha value is -3.00. The fourth-order valence-electron chi connectivity index (χ4n) is 5.07. The van der Waals surface area contributed by atoms with Crippen molar-refractivity contribution in [2.24, 2.45) is 0 Å². The molecule has 32 heavy (non-hydrogen) atoms. The number of hydrogen-bond acceptors (Lipinski definition) is 6. The first-order chi connectivity index (χ1) is 15.7. The van der Waals surface area contributed by atoms with Gasteiger partial charge in [-0.25, -0.2) is 9.07 Å². The summed E-state index contributed by atoms with van der Waals surface area (Å²) in [5.41, 5.74) is 2.13. The minimum Gasteiger partial charge on any atom is -0.496 e. The van der Waals surface area contributed by atoms with Crippen molar-refractivity contribution in [3.63, 3.8) is 0 Å². The molecule has 8 heteroatoms. The summed E-state index contributed by atoms with van der Waals surface area (Å²) in [4.78, 5) is 4.74. The molecule has 1 saturated heterocycles. The number of ether oxygens (including phenoxy) is 1. The summed E-state index contributed by atoms with van der Waals surface area (Å²) in [7, 11) is 1.71. The van der Waals surface area contributed by atoms with Gasteiger partial charge in [0.2, 0.25) is 0 Å². The zero-order valence-electron chi connectivity index (χ0n) is 18.4. The van der Waals surface area contributed by atoms with Crippen LogP contribution < -0.4 is 9.64 Å². The Morgan fingerprint density at radius 1 is 0.969 bits per heavy atom. The highest BCUT2D eigenvalue weighted by molar-refractivity contribution is 5.47. The molecule has 168 valence electrons. The third kappa shape index (κ3) is 4.07. The fraction of sp³-hybridized carbons (Fsp3) is 0.458. The van der Waals surface area contributed by atoms with Gasteiger partial charge in [-0.1, -0.05) is 31.0 Å². The van der Waals surface area contributed by atoms with Gasteiger partial charge in [0.25, 0.3) is 0 Å². The van der Waals surface area contributed by atoms with E-state index in [1.807, 2.05) is 30.3 Å². The molecule has 0 amide bonds. The topological polar surface area (TPSA) is 59.3 Å². The zero-order chi connectivity index (χ0) is 21.9. The van der Waals surface area contributed by atoms with E-state index in [-0.39, 0.29) is 11.9 Å². The molecule has 0 bridgehead atoms. The maximum absolute atomic E-state index is 13.3. The smallest absolute Gasteiger partial charge is 0.173 e. The lowest BCUT2D eigenvalue weighted by molar-refractivity contribution is 0.194. The Kier molecular flexibility index (Phi) is 6.03. The maximum atomic E-state index is 13.3. The Balaban J connectivity index is 1.45. The van der Waals surface area contributed by atoms with Crippen LogP contribution in [0, 0.1) is 5.82 Å². The minimum absolute atomic E-state index is 0.0860. The maximum Gasteiger partial charge on any atom is 0.173 e. The molecule has 2 heterocycles. The van der Waals surface area contributed by atoms with E-state index in [0.717, 1.165) is 61.8 Å². The molecule has 2 aromatic carbocycles. The molecule has 3 aromatic rings. The lowest BCUT2D eigenvalue weighted by Gasteiger charge is -2.40. The quantitative estimate of drug-likeness (QED) is 0.585. The van der Waals surface area contributed by atoms with E-state index < -0.39 is 0 Å². The molecular weight excluding hydrogens is 407 g/mol. The predicted octanol–water partition coefficient (Wildman–Crippen LogP) is 3.85. The van der Waals surface area contributed by atoms with Gasteiger partial charge < -0.3 is 9.64 Å². The molecule has 1 aliphatic carbocycles. The van der Waals surface area contributed by atoms with E-state index in [1.54, 1.807) is 7.11 Å². The Bertz CT molecular complexity index is 1020. The van der Waals surface area contributed by atoms with Crippen molar-refractivity contribution in [3.05, 3.63) is 65.7 Å². The summed E-state index contributed by atoms with van der Waals surface area (Å²) in [6.07, 6.45) is 4.68. The number of rotatable bonds is 6. The van der Waals surface area contributed by atoms with Crippen LogP contribution in [0.15, 0.2) is 48.5 Å². The van der Waals surface area contributed by atoms with Gasteiger partial charge in [-0.15, -0.1) is 5.10 Å². The van der Waals surface area contributed by atoms with Crippen LogP contribution >= 0.6 is 0 Å². The molecule has 0 radical (unpaired) electrons. The number of piperazine rings is 1. The van der Waals surface area contributed by atoms with Crippen molar-refractivity contribution in [2.75, 3.05) is 38.2 Å². The van der Waals surface area contributed by atoms with Crippen molar-refractivity contribution in [3.8, 4) is 5.75 Å². The van der Waals surface area contributed by atoms with Gasteiger partial charge in [-0.05, 0) is 53.6 Å². The number of nitrogens with zero attached hydrogens (tertiary/aromatic N) is 6. The normalized spacial score (nSPS) is 18.8. The van der Waals surface area contributed by atoms with E-state index in [1.165, 1.54) is 25.0 Å². The zero-order valence-corrected chi connectivity index (χ0v) is 18.4. The van der Waals surface area contributed by atoms with E-state index >= 15 is 0 Å². The SMILES string of the molecule is COc1ccccc1[C@@H](c1nnnn1C1CCCC1)N1CCN(c2ccc(F)cc2)CC1. The summed E-state index contributed by atoms with van der Waals surface area (Å²) in [5, 5.41) is 13.0. The molecule has 7 nitrogen and oxygen atoms in total. The Morgan fingerprint density at radius 2 is 1.69 bits per heavy atom. The molecule has 2 fully saturated rings. The number of methoxy groups -OCH3 is 1. The number of hydrogen-bond donors (Lipinski definition) is 0. The first-order valence-electron chi connectivity index (χ1n) is 11.4. The van der Waals surface area contributed by atoms with Gasteiger partial charge in [0.15, 0.2) is 5.82 Å². The second kappa shape index (κ2) is 9.24. The Morgan fingerprint density at radius 3 is 2.41 bits per heavy atom. The third-order valence-electron chi connectivity index (χ3n) is 6.74. The van der Waals surface area contributed by atoms with Crippen molar-refractivity contribution >= 4 is 5.69 Å². The molecule has 0 N–H and O–H groups in total. The van der Waals surface area contributed by atoms with Gasteiger partial charge >= 0.3 is 0 Å². The average molecular weight is 437 g/mol. The molecule has 2 aliphatic rings. The minimum atomic E-state index is -0.206. The number of tetrazole rings is 1. The monoisotopic (exact) mass is 436 g/mol. The van der Waals surface area contributed by atoms with Crippen LogP contribution in [-0.4, -0.2) is 58.4 Å². The van der Waals surface area contributed by atoms with Crippen LogP contribution in [0.25, 0.3) is 0 Å². The Labute approximate surface area is 187 Å². The van der Waals surface area contributed by atoms with Crippen LogP contribution in [-0.2, 0) is 0 Å². The lowest BCUT2D eigenvalue weighted by Crippen LogP contribution is -2.48. The van der Waals surface area contributed by atoms with Crippen LogP contribution in [0.1, 0.15) is 49.2 Å². The number of para-hydroxylation sites is 1. The largest absolute Gasteiger partial charge is 0.496 e. The number of halogens is 1. The van der Waals surface area contributed by atoms with Crippen LogP contribution in [0.2, 0.25) is 0 Å². The molecule has 0 spiro atoms. The standard InChI is InChI=1S/C24H29FN6O/c1-32-22-9-5-4-8-21(22)23(24-26-27-28-31(24)20-6-2-3-7-20)30-16-14-29(15-17-30)19-12-10-18(25)11-13-19/h4-5,8-13,20,23H,2-3,6-7,14-17H2,1H3/t23-/m0/s1. The first kappa shape index (κ1) is 20.9. The van der Waals surface area contributed by atoms with E-state index in [9.17, 15) is 4.39 Å². The fourth-order valence-corrected chi connectivity index (χ4v) is 5.07. The molecule has 1 aliphatic heterocycles. The highest BCUT2D eigenvalue weighted by Gasteiger charge is 2.34. The number of anilines is 1. The average Bonchev–Trinajstić information content (AvgIpc) is 3.53. The van der Waals surface area contributed by atoms with Crippen molar-refractivity contribution in [1.82, 2.24) is 25.1 Å². The van der Waals surface area contributed by atoms with Crippen molar-refractivity contribution in [2.45, 2.75) is 37.8 Å². The van der Waals surface area contributed by atoms with Crippen LogP contribution in [0.5, 0.6) is 5.75 Å².